The molecule has 0 bridgehead atoms. The lowest BCUT2D eigenvalue weighted by molar-refractivity contribution is 0.201. The lowest BCUT2D eigenvalue weighted by Crippen LogP contribution is -2.48. The predicted molar refractivity (Wildman–Crippen MR) is 69.0 cm³/mol. The lowest BCUT2D eigenvalue weighted by Gasteiger charge is -2.31. The predicted octanol–water partition coefficient (Wildman–Crippen LogP) is 2.27. The summed E-state index contributed by atoms with van der Waals surface area (Å²) < 4.78 is 0. The molecule has 0 amide bonds. The summed E-state index contributed by atoms with van der Waals surface area (Å²) in [4.78, 5) is 4.07. The van der Waals surface area contributed by atoms with E-state index in [0.29, 0.717) is 6.04 Å². The highest BCUT2D eigenvalue weighted by atomic mass is 35.5. The lowest BCUT2D eigenvalue weighted by atomic mass is 10.2. The van der Waals surface area contributed by atoms with Crippen molar-refractivity contribution in [1.82, 2.24) is 10.2 Å². The number of aryl methyl sites for hydroxylation is 1. The van der Waals surface area contributed by atoms with Crippen molar-refractivity contribution in [3.05, 3.63) is 21.9 Å². The number of thiophene rings is 1. The fraction of sp³-hybridized carbons (Fsp3) is 0.636. The molecule has 0 aromatic carbocycles. The summed E-state index contributed by atoms with van der Waals surface area (Å²) in [6, 6.07) is 2.86. The van der Waals surface area contributed by atoms with Crippen LogP contribution in [0.1, 0.15) is 17.4 Å². The van der Waals surface area contributed by atoms with Gasteiger partial charge in [-0.1, -0.05) is 0 Å². The van der Waals surface area contributed by atoms with E-state index in [4.69, 9.17) is 0 Å². The monoisotopic (exact) mass is 246 g/mol. The average molecular weight is 247 g/mol. The second kappa shape index (κ2) is 5.85. The normalized spacial score (nSPS) is 22.4. The Morgan fingerprint density at radius 1 is 1.60 bits per heavy atom. The molecule has 2 nitrogen and oxygen atoms in total. The van der Waals surface area contributed by atoms with Crippen LogP contribution in [0.15, 0.2) is 11.4 Å². The molecule has 0 saturated carbocycles. The van der Waals surface area contributed by atoms with Crippen molar-refractivity contribution >= 4 is 23.7 Å². The van der Waals surface area contributed by atoms with Crippen LogP contribution in [0.3, 0.4) is 0 Å². The maximum atomic E-state index is 3.47. The molecule has 0 spiro atoms. The number of piperazine rings is 1. The summed E-state index contributed by atoms with van der Waals surface area (Å²) in [5, 5.41) is 5.66. The molecule has 15 heavy (non-hydrogen) atoms. The Kier molecular flexibility index (Phi) is 5.06. The van der Waals surface area contributed by atoms with E-state index in [9.17, 15) is 0 Å². The maximum Gasteiger partial charge on any atom is 0.0331 e. The van der Waals surface area contributed by atoms with Gasteiger partial charge in [-0.15, -0.1) is 23.7 Å². The highest BCUT2D eigenvalue weighted by molar-refractivity contribution is 7.10. The van der Waals surface area contributed by atoms with Gasteiger partial charge in [0.2, 0.25) is 0 Å². The van der Waals surface area contributed by atoms with Gasteiger partial charge in [-0.3, -0.25) is 4.90 Å². The Morgan fingerprint density at radius 3 is 3.00 bits per heavy atom. The van der Waals surface area contributed by atoms with Crippen molar-refractivity contribution in [2.45, 2.75) is 26.4 Å². The molecular formula is C11H19ClN2S. The summed E-state index contributed by atoms with van der Waals surface area (Å²) in [5.74, 6) is 0. The minimum absolute atomic E-state index is 0. The zero-order chi connectivity index (χ0) is 9.97. The average Bonchev–Trinajstić information content (AvgIpc) is 2.52. The highest BCUT2D eigenvalue weighted by Gasteiger charge is 2.16. The third-order valence-electron chi connectivity index (χ3n) is 2.79. The molecule has 4 heteroatoms. The van der Waals surface area contributed by atoms with E-state index in [0.717, 1.165) is 13.1 Å². The van der Waals surface area contributed by atoms with Crippen LogP contribution in [-0.2, 0) is 6.54 Å². The first-order valence-corrected chi connectivity index (χ1v) is 6.12. The van der Waals surface area contributed by atoms with Gasteiger partial charge in [0.1, 0.15) is 0 Å². The van der Waals surface area contributed by atoms with Gasteiger partial charge in [-0.25, -0.2) is 0 Å². The zero-order valence-corrected chi connectivity index (χ0v) is 11.0. The van der Waals surface area contributed by atoms with Crippen molar-refractivity contribution in [2.24, 2.45) is 0 Å². The van der Waals surface area contributed by atoms with Gasteiger partial charge in [0.05, 0.1) is 0 Å². The van der Waals surface area contributed by atoms with Gasteiger partial charge in [-0.2, -0.15) is 0 Å². The fourth-order valence-electron chi connectivity index (χ4n) is 1.92. The molecule has 1 atom stereocenters. The molecule has 1 N–H and O–H groups in total. The van der Waals surface area contributed by atoms with Crippen LogP contribution < -0.4 is 5.32 Å². The van der Waals surface area contributed by atoms with Crippen LogP contribution in [0.4, 0.5) is 0 Å². The summed E-state index contributed by atoms with van der Waals surface area (Å²) in [6.45, 7) is 9.09. The molecule has 1 saturated heterocycles. The molecule has 1 aliphatic heterocycles. The number of rotatable bonds is 2. The molecule has 1 fully saturated rings. The van der Waals surface area contributed by atoms with Crippen LogP contribution in [0.25, 0.3) is 0 Å². The van der Waals surface area contributed by atoms with Gasteiger partial charge in [0.25, 0.3) is 0 Å². The number of nitrogens with zero attached hydrogens (tertiary/aromatic N) is 1. The van der Waals surface area contributed by atoms with E-state index >= 15 is 0 Å². The standard InChI is InChI=1S/C11H18N2S.ClH/c1-9-3-6-14-11(9)8-13-5-4-12-10(2)7-13;/h3,6,10,12H,4-5,7-8H2,1-2H3;1H/t10-;/m1./s1. The molecular weight excluding hydrogens is 228 g/mol. The number of hydrogen-bond acceptors (Lipinski definition) is 3. The topological polar surface area (TPSA) is 15.3 Å². The maximum absolute atomic E-state index is 3.47. The van der Waals surface area contributed by atoms with Gasteiger partial charge in [0.15, 0.2) is 0 Å². The minimum atomic E-state index is 0. The van der Waals surface area contributed by atoms with Crippen molar-refractivity contribution in [2.75, 3.05) is 19.6 Å². The van der Waals surface area contributed by atoms with Crippen LogP contribution >= 0.6 is 23.7 Å². The molecule has 1 aliphatic rings. The summed E-state index contributed by atoms with van der Waals surface area (Å²) >= 11 is 1.88. The molecule has 0 unspecified atom stereocenters. The Morgan fingerprint density at radius 2 is 2.40 bits per heavy atom. The molecule has 0 radical (unpaired) electrons. The third kappa shape index (κ3) is 3.45. The van der Waals surface area contributed by atoms with Crippen LogP contribution in [0, 0.1) is 6.92 Å². The highest BCUT2D eigenvalue weighted by Crippen LogP contribution is 2.18. The first-order valence-electron chi connectivity index (χ1n) is 5.24. The van der Waals surface area contributed by atoms with Crippen molar-refractivity contribution in [1.29, 1.82) is 0 Å². The Hall–Kier alpha value is -0.0900. The van der Waals surface area contributed by atoms with Crippen LogP contribution in [0.2, 0.25) is 0 Å². The number of hydrogen-bond donors (Lipinski definition) is 1. The van der Waals surface area contributed by atoms with Crippen molar-refractivity contribution < 1.29 is 0 Å². The van der Waals surface area contributed by atoms with Gasteiger partial charge in [0, 0.05) is 37.1 Å². The minimum Gasteiger partial charge on any atom is -0.312 e. The summed E-state index contributed by atoms with van der Waals surface area (Å²) in [5.41, 5.74) is 1.45. The summed E-state index contributed by atoms with van der Waals surface area (Å²) in [7, 11) is 0. The van der Waals surface area contributed by atoms with E-state index in [1.54, 1.807) is 0 Å². The smallest absolute Gasteiger partial charge is 0.0331 e. The largest absolute Gasteiger partial charge is 0.312 e. The van der Waals surface area contributed by atoms with Gasteiger partial charge in [-0.05, 0) is 30.9 Å². The van der Waals surface area contributed by atoms with Crippen molar-refractivity contribution in [3.63, 3.8) is 0 Å². The third-order valence-corrected chi connectivity index (χ3v) is 3.80. The molecule has 2 heterocycles. The van der Waals surface area contributed by atoms with E-state index in [-0.39, 0.29) is 12.4 Å². The fourth-order valence-corrected chi connectivity index (χ4v) is 2.87. The quantitative estimate of drug-likeness (QED) is 0.862. The second-order valence-electron chi connectivity index (χ2n) is 4.12. The van der Waals surface area contributed by atoms with Gasteiger partial charge >= 0.3 is 0 Å². The van der Waals surface area contributed by atoms with Gasteiger partial charge < -0.3 is 5.32 Å². The van der Waals surface area contributed by atoms with Crippen LogP contribution in [0.5, 0.6) is 0 Å². The SMILES string of the molecule is Cc1ccsc1CN1CCN[C@H](C)C1.Cl. The Bertz CT molecular complexity index is 301. The molecule has 0 aliphatic carbocycles. The Labute approximate surface area is 102 Å². The number of halogens is 1. The van der Waals surface area contributed by atoms with E-state index < -0.39 is 0 Å². The van der Waals surface area contributed by atoms with E-state index in [1.165, 1.54) is 23.5 Å². The zero-order valence-electron chi connectivity index (χ0n) is 9.32. The first kappa shape index (κ1) is 13.0. The van der Waals surface area contributed by atoms with E-state index in [2.05, 4.69) is 35.5 Å². The molecule has 2 rings (SSSR count). The van der Waals surface area contributed by atoms with E-state index in [1.807, 2.05) is 11.3 Å². The van der Waals surface area contributed by atoms with Crippen molar-refractivity contribution in [3.8, 4) is 0 Å². The molecule has 86 valence electrons. The molecule has 1 aromatic heterocycles. The Balaban J connectivity index is 0.00000112. The second-order valence-corrected chi connectivity index (χ2v) is 5.12. The van der Waals surface area contributed by atoms with Crippen LogP contribution in [-0.4, -0.2) is 30.6 Å². The first-order chi connectivity index (χ1) is 6.75. The summed E-state index contributed by atoms with van der Waals surface area (Å²) in [6.07, 6.45) is 0. The number of nitrogens with one attached hydrogen (secondary N) is 1. The molecule has 1 aromatic rings.